The zero-order valence-corrected chi connectivity index (χ0v) is 19.7. The van der Waals surface area contributed by atoms with E-state index in [9.17, 15) is 21.6 Å². The maximum absolute atomic E-state index is 13.6. The van der Waals surface area contributed by atoms with Gasteiger partial charge in [0.15, 0.2) is 30.5 Å². The first-order chi connectivity index (χ1) is 15.7. The summed E-state index contributed by atoms with van der Waals surface area (Å²) in [6.45, 7) is 2.88. The van der Waals surface area contributed by atoms with E-state index >= 15 is 0 Å². The van der Waals surface area contributed by atoms with Gasteiger partial charge in [-0.05, 0) is 35.4 Å². The topological polar surface area (TPSA) is 103 Å². The van der Waals surface area contributed by atoms with Crippen LogP contribution < -0.4 is 0 Å². The van der Waals surface area contributed by atoms with Gasteiger partial charge in [-0.15, -0.1) is 0 Å². The van der Waals surface area contributed by atoms with Gasteiger partial charge in [-0.3, -0.25) is 9.78 Å². The van der Waals surface area contributed by atoms with Crippen LogP contribution in [-0.4, -0.2) is 43.5 Å². The maximum Gasteiger partial charge on any atom is 0.196 e. The third-order valence-corrected chi connectivity index (χ3v) is 9.15. The molecule has 0 saturated carbocycles. The quantitative estimate of drug-likeness (QED) is 0.371. The molecular weight excluding hydrogens is 460 g/mol. The zero-order chi connectivity index (χ0) is 23.8. The molecule has 33 heavy (non-hydrogen) atoms. The van der Waals surface area contributed by atoms with Crippen LogP contribution in [0.25, 0.3) is 16.6 Å². The minimum Gasteiger partial charge on any atom is -0.306 e. The molecule has 0 bridgehead atoms. The Kier molecular flexibility index (Phi) is 5.94. The van der Waals surface area contributed by atoms with E-state index in [0.717, 1.165) is 5.56 Å². The molecule has 9 heteroatoms. The molecule has 0 aliphatic heterocycles. The number of hydrogen-bond acceptors (Lipinski definition) is 6. The highest BCUT2D eigenvalue weighted by molar-refractivity contribution is 7.94. The normalized spacial score (nSPS) is 12.2. The first kappa shape index (κ1) is 22.9. The van der Waals surface area contributed by atoms with E-state index in [4.69, 9.17) is 0 Å². The lowest BCUT2D eigenvalue weighted by atomic mass is 10.0. The van der Waals surface area contributed by atoms with Gasteiger partial charge >= 0.3 is 0 Å². The summed E-state index contributed by atoms with van der Waals surface area (Å²) in [4.78, 5) is 17.2. The third kappa shape index (κ3) is 3.98. The van der Waals surface area contributed by atoms with E-state index in [-0.39, 0.29) is 33.2 Å². The minimum absolute atomic E-state index is 0.133. The van der Waals surface area contributed by atoms with Crippen molar-refractivity contribution in [3.05, 3.63) is 84.3 Å². The van der Waals surface area contributed by atoms with Crippen LogP contribution in [0.1, 0.15) is 29.8 Å². The number of aromatic nitrogens is 2. The number of sulfone groups is 2. The summed E-state index contributed by atoms with van der Waals surface area (Å²) in [5.41, 5.74) is 1.85. The van der Waals surface area contributed by atoms with Gasteiger partial charge in [0.25, 0.3) is 0 Å². The molecule has 0 saturated heterocycles. The number of fused-ring (bicyclic) bond motifs is 1. The SMILES string of the molecule is CCS(=O)(=O)c1c(C(=O)c2ccccc2)c2cc(-c3ccncc3)ccn2c1S(=O)(=O)CC. The van der Waals surface area contributed by atoms with Crippen molar-refractivity contribution >= 4 is 31.0 Å². The molecule has 4 aromatic rings. The number of benzene rings is 1. The fourth-order valence-electron chi connectivity index (χ4n) is 3.74. The van der Waals surface area contributed by atoms with Crippen molar-refractivity contribution in [2.75, 3.05) is 11.5 Å². The van der Waals surface area contributed by atoms with Crippen molar-refractivity contribution in [3.63, 3.8) is 0 Å². The Labute approximate surface area is 192 Å². The molecular formula is C24H22N2O5S2. The summed E-state index contributed by atoms with van der Waals surface area (Å²) in [5, 5.41) is -0.373. The molecule has 0 fully saturated rings. The second-order valence-electron chi connectivity index (χ2n) is 7.42. The molecule has 0 aliphatic carbocycles. The molecule has 0 unspecified atom stereocenters. The Morgan fingerprint density at radius 2 is 1.48 bits per heavy atom. The Bertz CT molecular complexity index is 1560. The summed E-state index contributed by atoms with van der Waals surface area (Å²) in [6.07, 6.45) is 4.74. The molecule has 1 aromatic carbocycles. The second kappa shape index (κ2) is 8.57. The van der Waals surface area contributed by atoms with Crippen molar-refractivity contribution < 1.29 is 21.6 Å². The fraction of sp³-hybridized carbons (Fsp3) is 0.167. The average Bonchev–Trinajstić information content (AvgIpc) is 3.21. The van der Waals surface area contributed by atoms with Crippen LogP contribution in [0.4, 0.5) is 0 Å². The Balaban J connectivity index is 2.19. The van der Waals surface area contributed by atoms with E-state index in [0.29, 0.717) is 5.56 Å². The van der Waals surface area contributed by atoms with E-state index in [1.54, 1.807) is 67.0 Å². The Hall–Kier alpha value is -3.30. The predicted octanol–water partition coefficient (Wildman–Crippen LogP) is 3.82. The predicted molar refractivity (Wildman–Crippen MR) is 126 cm³/mol. The van der Waals surface area contributed by atoms with Gasteiger partial charge in [-0.1, -0.05) is 44.2 Å². The van der Waals surface area contributed by atoms with Crippen molar-refractivity contribution in [3.8, 4) is 11.1 Å². The maximum atomic E-state index is 13.6. The second-order valence-corrected chi connectivity index (χ2v) is 11.8. The molecule has 0 aliphatic rings. The fourth-order valence-corrected chi connectivity index (χ4v) is 6.78. The average molecular weight is 483 g/mol. The van der Waals surface area contributed by atoms with Crippen molar-refractivity contribution in [1.29, 1.82) is 0 Å². The first-order valence-corrected chi connectivity index (χ1v) is 13.7. The molecule has 0 radical (unpaired) electrons. The highest BCUT2D eigenvalue weighted by atomic mass is 32.2. The number of carbonyl (C=O) groups excluding carboxylic acids is 1. The van der Waals surface area contributed by atoms with Crippen LogP contribution in [0.15, 0.2) is 83.1 Å². The smallest absolute Gasteiger partial charge is 0.196 e. The molecule has 3 heterocycles. The summed E-state index contributed by atoms with van der Waals surface area (Å²) < 4.78 is 54.0. The van der Waals surface area contributed by atoms with E-state index in [1.165, 1.54) is 24.4 Å². The molecule has 3 aromatic heterocycles. The van der Waals surface area contributed by atoms with Gasteiger partial charge < -0.3 is 4.40 Å². The molecule has 0 amide bonds. The lowest BCUT2D eigenvalue weighted by Crippen LogP contribution is -2.16. The van der Waals surface area contributed by atoms with Crippen LogP contribution in [-0.2, 0) is 19.7 Å². The third-order valence-electron chi connectivity index (χ3n) is 5.49. The van der Waals surface area contributed by atoms with Crippen LogP contribution in [0, 0.1) is 0 Å². The van der Waals surface area contributed by atoms with Gasteiger partial charge in [0.05, 0.1) is 22.6 Å². The molecule has 0 spiro atoms. The van der Waals surface area contributed by atoms with Crippen LogP contribution in [0.2, 0.25) is 0 Å². The van der Waals surface area contributed by atoms with Gasteiger partial charge in [0.1, 0.15) is 4.90 Å². The molecule has 0 N–H and O–H groups in total. The molecule has 0 atom stereocenters. The number of pyridine rings is 2. The van der Waals surface area contributed by atoms with Gasteiger partial charge in [0, 0.05) is 24.2 Å². The highest BCUT2D eigenvalue weighted by Crippen LogP contribution is 2.36. The summed E-state index contributed by atoms with van der Waals surface area (Å²) in [6, 6.07) is 15.1. The first-order valence-electron chi connectivity index (χ1n) is 10.3. The summed E-state index contributed by atoms with van der Waals surface area (Å²) >= 11 is 0. The van der Waals surface area contributed by atoms with Crippen molar-refractivity contribution in [1.82, 2.24) is 9.38 Å². The minimum atomic E-state index is -4.08. The van der Waals surface area contributed by atoms with Crippen molar-refractivity contribution in [2.24, 2.45) is 0 Å². The van der Waals surface area contributed by atoms with Crippen LogP contribution >= 0.6 is 0 Å². The standard InChI is InChI=1S/C24H22N2O5S2/c1-3-32(28,29)23-21(22(27)18-8-6-5-7-9-18)20-16-19(17-10-13-25-14-11-17)12-15-26(20)24(23)33(30,31)4-2/h5-16H,3-4H2,1-2H3. The monoisotopic (exact) mass is 482 g/mol. The lowest BCUT2D eigenvalue weighted by Gasteiger charge is -2.08. The number of carbonyl (C=O) groups is 1. The lowest BCUT2D eigenvalue weighted by molar-refractivity contribution is 0.103. The van der Waals surface area contributed by atoms with Gasteiger partial charge in [0.2, 0.25) is 0 Å². The number of rotatable bonds is 7. The molecule has 170 valence electrons. The largest absolute Gasteiger partial charge is 0.306 e. The van der Waals surface area contributed by atoms with Crippen LogP contribution in [0.3, 0.4) is 0 Å². The van der Waals surface area contributed by atoms with Gasteiger partial charge in [-0.25, -0.2) is 16.8 Å². The number of nitrogens with zero attached hydrogens (tertiary/aromatic N) is 2. The molecule has 7 nitrogen and oxygen atoms in total. The van der Waals surface area contributed by atoms with Crippen molar-refractivity contribution in [2.45, 2.75) is 23.8 Å². The molecule has 4 rings (SSSR count). The number of hydrogen-bond donors (Lipinski definition) is 0. The summed E-state index contributed by atoms with van der Waals surface area (Å²) in [5.74, 6) is -1.21. The van der Waals surface area contributed by atoms with E-state index in [1.807, 2.05) is 0 Å². The van der Waals surface area contributed by atoms with Gasteiger partial charge in [-0.2, -0.15) is 0 Å². The Morgan fingerprint density at radius 3 is 2.09 bits per heavy atom. The van der Waals surface area contributed by atoms with E-state index < -0.39 is 30.4 Å². The summed E-state index contributed by atoms with van der Waals surface area (Å²) in [7, 11) is -8.08. The van der Waals surface area contributed by atoms with Crippen LogP contribution in [0.5, 0.6) is 0 Å². The zero-order valence-electron chi connectivity index (χ0n) is 18.1. The Morgan fingerprint density at radius 1 is 0.848 bits per heavy atom. The number of ketones is 1. The highest BCUT2D eigenvalue weighted by Gasteiger charge is 2.36. The van der Waals surface area contributed by atoms with E-state index in [2.05, 4.69) is 4.98 Å².